The minimum absolute atomic E-state index is 0.403. The van der Waals surface area contributed by atoms with E-state index < -0.39 is 0 Å². The average molecular weight is 277 g/mol. The predicted molar refractivity (Wildman–Crippen MR) is 79.9 cm³/mol. The van der Waals surface area contributed by atoms with Gasteiger partial charge in [-0.25, -0.2) is 0 Å². The molecule has 3 rings (SSSR count). The number of aryl methyl sites for hydroxylation is 2. The van der Waals surface area contributed by atoms with E-state index in [1.54, 1.807) is 0 Å². The molecule has 1 aliphatic carbocycles. The molecule has 0 aromatic carbocycles. The van der Waals surface area contributed by atoms with Crippen LogP contribution in [-0.2, 0) is 11.8 Å². The highest BCUT2D eigenvalue weighted by atomic mass is 16.5. The SMILES string of the molecule is Cc1cc(C2CCC(N3CCOC(C)C3)CC2)nn1C. The molecule has 0 radical (unpaired) electrons. The van der Waals surface area contributed by atoms with Crippen LogP contribution in [-0.4, -0.2) is 46.5 Å². The Morgan fingerprint density at radius 3 is 2.60 bits per heavy atom. The smallest absolute Gasteiger partial charge is 0.0674 e. The lowest BCUT2D eigenvalue weighted by atomic mass is 9.83. The van der Waals surface area contributed by atoms with E-state index in [9.17, 15) is 0 Å². The molecule has 2 fully saturated rings. The first kappa shape index (κ1) is 14.1. The molecule has 1 atom stereocenters. The number of nitrogens with zero attached hydrogens (tertiary/aromatic N) is 3. The molecule has 2 aliphatic rings. The Morgan fingerprint density at radius 2 is 2.00 bits per heavy atom. The molecule has 1 aliphatic heterocycles. The first-order chi connectivity index (χ1) is 9.63. The van der Waals surface area contributed by atoms with E-state index in [0.29, 0.717) is 12.0 Å². The number of hydrogen-bond donors (Lipinski definition) is 0. The number of aromatic nitrogens is 2. The molecule has 1 saturated heterocycles. The van der Waals surface area contributed by atoms with Gasteiger partial charge in [-0.2, -0.15) is 5.10 Å². The second-order valence-electron chi connectivity index (χ2n) is 6.52. The van der Waals surface area contributed by atoms with Crippen LogP contribution in [0.4, 0.5) is 0 Å². The Hall–Kier alpha value is -0.870. The van der Waals surface area contributed by atoms with Crippen LogP contribution in [0.25, 0.3) is 0 Å². The second kappa shape index (κ2) is 5.86. The fourth-order valence-electron chi connectivity index (χ4n) is 3.70. The zero-order valence-corrected chi connectivity index (χ0v) is 13.0. The Bertz CT molecular complexity index is 429. The van der Waals surface area contributed by atoms with Crippen molar-refractivity contribution in [3.05, 3.63) is 17.5 Å². The molecule has 2 heterocycles. The molecule has 0 spiro atoms. The van der Waals surface area contributed by atoms with Gasteiger partial charge in [-0.15, -0.1) is 0 Å². The molecule has 1 aromatic heterocycles. The summed E-state index contributed by atoms with van der Waals surface area (Å²) in [6, 6.07) is 3.03. The molecule has 112 valence electrons. The van der Waals surface area contributed by atoms with Crippen LogP contribution >= 0.6 is 0 Å². The standard InChI is InChI=1S/C16H27N3O/c1-12-10-16(17-18(12)3)14-4-6-15(7-5-14)19-8-9-20-13(2)11-19/h10,13-15H,4-9,11H2,1-3H3. The van der Waals surface area contributed by atoms with Gasteiger partial charge in [0.05, 0.1) is 18.4 Å². The van der Waals surface area contributed by atoms with Crippen LogP contribution in [0, 0.1) is 6.92 Å². The van der Waals surface area contributed by atoms with Gasteiger partial charge in [0, 0.05) is 37.8 Å². The second-order valence-corrected chi connectivity index (χ2v) is 6.52. The molecule has 0 bridgehead atoms. The van der Waals surface area contributed by atoms with Crippen LogP contribution in [0.1, 0.15) is 49.9 Å². The van der Waals surface area contributed by atoms with Crippen molar-refractivity contribution < 1.29 is 4.74 Å². The summed E-state index contributed by atoms with van der Waals surface area (Å²) in [4.78, 5) is 2.65. The number of rotatable bonds is 2. The van der Waals surface area contributed by atoms with Crippen LogP contribution in [0.2, 0.25) is 0 Å². The minimum Gasteiger partial charge on any atom is -0.376 e. The van der Waals surface area contributed by atoms with E-state index in [1.165, 1.54) is 37.1 Å². The van der Waals surface area contributed by atoms with Crippen LogP contribution in [0.3, 0.4) is 0 Å². The van der Waals surface area contributed by atoms with Gasteiger partial charge in [0.2, 0.25) is 0 Å². The summed E-state index contributed by atoms with van der Waals surface area (Å²) < 4.78 is 7.66. The van der Waals surface area contributed by atoms with Gasteiger partial charge in [-0.3, -0.25) is 9.58 Å². The van der Waals surface area contributed by atoms with Gasteiger partial charge in [0.25, 0.3) is 0 Å². The van der Waals surface area contributed by atoms with Gasteiger partial charge in [0.1, 0.15) is 0 Å². The summed E-state index contributed by atoms with van der Waals surface area (Å²) >= 11 is 0. The van der Waals surface area contributed by atoms with Crippen molar-refractivity contribution in [2.24, 2.45) is 7.05 Å². The predicted octanol–water partition coefficient (Wildman–Crippen LogP) is 2.48. The van der Waals surface area contributed by atoms with E-state index in [-0.39, 0.29) is 0 Å². The maximum absolute atomic E-state index is 5.65. The van der Waals surface area contributed by atoms with Crippen molar-refractivity contribution in [1.29, 1.82) is 0 Å². The Balaban J connectivity index is 1.56. The first-order valence-electron chi connectivity index (χ1n) is 7.99. The fourth-order valence-corrected chi connectivity index (χ4v) is 3.70. The maximum atomic E-state index is 5.65. The lowest BCUT2D eigenvalue weighted by Crippen LogP contribution is -2.47. The Kier molecular flexibility index (Phi) is 4.13. The third-order valence-electron chi connectivity index (χ3n) is 5.04. The highest BCUT2D eigenvalue weighted by Gasteiger charge is 2.30. The van der Waals surface area contributed by atoms with Crippen LogP contribution in [0.15, 0.2) is 6.07 Å². The molecule has 1 unspecified atom stereocenters. The molecule has 0 N–H and O–H groups in total. The Morgan fingerprint density at radius 1 is 1.25 bits per heavy atom. The molecule has 0 amide bonds. The maximum Gasteiger partial charge on any atom is 0.0674 e. The molecule has 1 saturated carbocycles. The van der Waals surface area contributed by atoms with E-state index in [2.05, 4.69) is 29.9 Å². The molecule has 4 heteroatoms. The van der Waals surface area contributed by atoms with Gasteiger partial charge < -0.3 is 4.74 Å². The minimum atomic E-state index is 0.403. The third-order valence-corrected chi connectivity index (χ3v) is 5.04. The van der Waals surface area contributed by atoms with Gasteiger partial charge in [0.15, 0.2) is 0 Å². The van der Waals surface area contributed by atoms with Crippen molar-refractivity contribution >= 4 is 0 Å². The highest BCUT2D eigenvalue weighted by molar-refractivity contribution is 5.14. The van der Waals surface area contributed by atoms with Crippen LogP contribution in [0.5, 0.6) is 0 Å². The fraction of sp³-hybridized carbons (Fsp3) is 0.812. The van der Waals surface area contributed by atoms with E-state index in [4.69, 9.17) is 4.74 Å². The highest BCUT2D eigenvalue weighted by Crippen LogP contribution is 2.34. The zero-order valence-electron chi connectivity index (χ0n) is 13.0. The van der Waals surface area contributed by atoms with E-state index in [0.717, 1.165) is 25.7 Å². The van der Waals surface area contributed by atoms with Crippen molar-refractivity contribution in [2.45, 2.75) is 57.6 Å². The lowest BCUT2D eigenvalue weighted by molar-refractivity contribution is -0.0400. The normalized spacial score (nSPS) is 32.5. The molecule has 1 aromatic rings. The van der Waals surface area contributed by atoms with E-state index in [1.807, 2.05) is 11.7 Å². The lowest BCUT2D eigenvalue weighted by Gasteiger charge is -2.40. The van der Waals surface area contributed by atoms with Crippen molar-refractivity contribution in [1.82, 2.24) is 14.7 Å². The van der Waals surface area contributed by atoms with Crippen molar-refractivity contribution in [2.75, 3.05) is 19.7 Å². The number of ether oxygens (including phenoxy) is 1. The number of morpholine rings is 1. The van der Waals surface area contributed by atoms with Gasteiger partial charge >= 0.3 is 0 Å². The Labute approximate surface area is 122 Å². The molecular formula is C16H27N3O. The van der Waals surface area contributed by atoms with Crippen molar-refractivity contribution in [3.63, 3.8) is 0 Å². The summed E-state index contributed by atoms with van der Waals surface area (Å²) in [6.45, 7) is 7.45. The first-order valence-corrected chi connectivity index (χ1v) is 7.99. The van der Waals surface area contributed by atoms with Crippen molar-refractivity contribution in [3.8, 4) is 0 Å². The zero-order chi connectivity index (χ0) is 14.1. The van der Waals surface area contributed by atoms with Gasteiger partial charge in [-0.05, 0) is 45.6 Å². The number of hydrogen-bond acceptors (Lipinski definition) is 3. The summed E-state index contributed by atoms with van der Waals surface area (Å²) in [5.74, 6) is 0.671. The summed E-state index contributed by atoms with van der Waals surface area (Å²) in [5.41, 5.74) is 2.57. The quantitative estimate of drug-likeness (QED) is 0.832. The van der Waals surface area contributed by atoms with Gasteiger partial charge in [-0.1, -0.05) is 0 Å². The average Bonchev–Trinajstić information content (AvgIpc) is 2.79. The molecule has 20 heavy (non-hydrogen) atoms. The van der Waals surface area contributed by atoms with E-state index >= 15 is 0 Å². The molecular weight excluding hydrogens is 250 g/mol. The summed E-state index contributed by atoms with van der Waals surface area (Å²) in [6.07, 6.45) is 5.60. The topological polar surface area (TPSA) is 30.3 Å². The monoisotopic (exact) mass is 277 g/mol. The van der Waals surface area contributed by atoms with Crippen LogP contribution < -0.4 is 0 Å². The largest absolute Gasteiger partial charge is 0.376 e. The third kappa shape index (κ3) is 2.91. The summed E-state index contributed by atoms with van der Waals surface area (Å²) in [5, 5.41) is 4.67. The molecule has 4 nitrogen and oxygen atoms in total. The summed E-state index contributed by atoms with van der Waals surface area (Å²) in [7, 11) is 2.04.